The second-order valence-electron chi connectivity index (χ2n) is 8.84. The minimum absolute atomic E-state index is 0.118. The van der Waals surface area contributed by atoms with Crippen LogP contribution < -0.4 is 16.4 Å². The highest BCUT2D eigenvalue weighted by molar-refractivity contribution is 6.33. The van der Waals surface area contributed by atoms with Gasteiger partial charge >= 0.3 is 0 Å². The van der Waals surface area contributed by atoms with Crippen molar-refractivity contribution in [1.29, 1.82) is 0 Å². The molecule has 0 bridgehead atoms. The number of aromatic nitrogens is 4. The van der Waals surface area contributed by atoms with Crippen LogP contribution in [0.15, 0.2) is 18.3 Å². The maximum Gasteiger partial charge on any atom is 0.225 e. The second-order valence-corrected chi connectivity index (χ2v) is 9.25. The zero-order chi connectivity index (χ0) is 24.7. The number of anilines is 3. The first-order valence-corrected chi connectivity index (χ1v) is 11.7. The van der Waals surface area contributed by atoms with Crippen LogP contribution >= 0.6 is 11.6 Å². The van der Waals surface area contributed by atoms with Gasteiger partial charge in [0.15, 0.2) is 11.5 Å². The minimum atomic E-state index is -0.866. The first kappa shape index (κ1) is 23.6. The number of hydrogen-bond donors (Lipinski definition) is 4. The van der Waals surface area contributed by atoms with Crippen LogP contribution in [0, 0.1) is 17.6 Å². The number of carbonyl (C=O) groups is 1. The Bertz CT molecular complexity index is 1240. The van der Waals surface area contributed by atoms with E-state index < -0.39 is 17.7 Å². The van der Waals surface area contributed by atoms with Crippen LogP contribution in [0.2, 0.25) is 5.02 Å². The normalized spacial score (nSPS) is 24.6. The van der Waals surface area contributed by atoms with E-state index in [9.17, 15) is 18.7 Å². The van der Waals surface area contributed by atoms with Gasteiger partial charge in [-0.1, -0.05) is 11.6 Å². The molecule has 186 valence electrons. The molecule has 5 rings (SSSR count). The summed E-state index contributed by atoms with van der Waals surface area (Å²) in [7, 11) is 0. The van der Waals surface area contributed by atoms with Crippen LogP contribution in [0.1, 0.15) is 31.7 Å². The molecule has 1 aromatic carbocycles. The van der Waals surface area contributed by atoms with E-state index >= 15 is 0 Å². The summed E-state index contributed by atoms with van der Waals surface area (Å²) in [5.41, 5.74) is 6.29. The van der Waals surface area contributed by atoms with Gasteiger partial charge in [0.1, 0.15) is 11.3 Å². The first-order valence-electron chi connectivity index (χ1n) is 11.3. The van der Waals surface area contributed by atoms with Crippen molar-refractivity contribution in [2.45, 2.75) is 43.9 Å². The van der Waals surface area contributed by atoms with E-state index in [1.807, 2.05) is 4.57 Å². The van der Waals surface area contributed by atoms with Crippen molar-refractivity contribution >= 4 is 46.3 Å². The topological polar surface area (TPSA) is 140 Å². The third kappa shape index (κ3) is 4.73. The molecule has 1 amide bonds. The number of nitrogens with two attached hydrogens (primary N) is 1. The number of hydrogen-bond acceptors (Lipinski definition) is 8. The standard InChI is InChI=1S/C22H24ClF2N7O3/c23-13-5-11(24)6-14(25)18(13)30-22-29-15-7-27-21(28-16-8-35-9-17(16)33)31-20(15)32(22)12-3-1-10(2-4-12)19(26)34/h5-7,10,12,16-17,33H,1-4,8-9H2,(H2,26,34)(H,29,30)(H,27,28,31)/t10-,12-,16?,17?. The molecule has 5 N–H and O–H groups in total. The summed E-state index contributed by atoms with van der Waals surface area (Å²) in [6.45, 7) is 0.535. The summed E-state index contributed by atoms with van der Waals surface area (Å²) in [5.74, 6) is -1.67. The molecule has 1 saturated heterocycles. The smallest absolute Gasteiger partial charge is 0.225 e. The number of benzene rings is 1. The molecule has 3 heterocycles. The predicted octanol–water partition coefficient (Wildman–Crippen LogP) is 2.89. The molecule has 3 aromatic rings. The van der Waals surface area contributed by atoms with Crippen LogP contribution in [0.5, 0.6) is 0 Å². The largest absolute Gasteiger partial charge is 0.388 e. The van der Waals surface area contributed by atoms with Crippen molar-refractivity contribution in [3.8, 4) is 0 Å². The summed E-state index contributed by atoms with van der Waals surface area (Å²) >= 11 is 6.11. The van der Waals surface area contributed by atoms with Crippen LogP contribution in [0.25, 0.3) is 11.2 Å². The molecule has 2 aliphatic rings. The van der Waals surface area contributed by atoms with Gasteiger partial charge in [0.25, 0.3) is 0 Å². The van der Waals surface area contributed by atoms with Crippen molar-refractivity contribution in [2.75, 3.05) is 23.8 Å². The Kier molecular flexibility index (Phi) is 6.43. The van der Waals surface area contributed by atoms with Crippen molar-refractivity contribution in [3.05, 3.63) is 35.0 Å². The van der Waals surface area contributed by atoms with Crippen LogP contribution in [0.4, 0.5) is 26.4 Å². The van der Waals surface area contributed by atoms with E-state index in [-0.39, 0.29) is 53.1 Å². The molecule has 13 heteroatoms. The Hall–Kier alpha value is -3.09. The lowest BCUT2D eigenvalue weighted by Crippen LogP contribution is -2.32. The van der Waals surface area contributed by atoms with Gasteiger partial charge in [0, 0.05) is 18.0 Å². The lowest BCUT2D eigenvalue weighted by Gasteiger charge is -2.29. The maximum atomic E-state index is 14.5. The molecule has 2 aromatic heterocycles. The number of primary amides is 1. The van der Waals surface area contributed by atoms with E-state index in [1.54, 1.807) is 0 Å². The number of aliphatic hydroxyl groups excluding tert-OH is 1. The van der Waals surface area contributed by atoms with Gasteiger partial charge in [-0.05, 0) is 31.7 Å². The maximum absolute atomic E-state index is 14.5. The SMILES string of the molecule is NC(=O)[C@H]1CC[C@H](n2c(Nc3c(F)cc(F)cc3Cl)nc3cnc(NC4COCC4O)nc32)CC1. The van der Waals surface area contributed by atoms with Crippen molar-refractivity contribution in [3.63, 3.8) is 0 Å². The number of imidazole rings is 1. The van der Waals surface area contributed by atoms with Gasteiger partial charge in [-0.2, -0.15) is 4.98 Å². The predicted molar refractivity (Wildman–Crippen MR) is 124 cm³/mol. The molecule has 1 aliphatic heterocycles. The Morgan fingerprint density at radius 3 is 2.63 bits per heavy atom. The third-order valence-corrected chi connectivity index (χ3v) is 6.80. The van der Waals surface area contributed by atoms with Crippen LogP contribution in [-0.2, 0) is 9.53 Å². The van der Waals surface area contributed by atoms with E-state index in [1.165, 1.54) is 6.20 Å². The molecule has 0 spiro atoms. The number of nitrogens with one attached hydrogen (secondary N) is 2. The Labute approximate surface area is 203 Å². The van der Waals surface area contributed by atoms with Crippen molar-refractivity contribution in [2.24, 2.45) is 11.7 Å². The lowest BCUT2D eigenvalue weighted by atomic mass is 9.85. The summed E-state index contributed by atoms with van der Waals surface area (Å²) < 4.78 is 35.2. The van der Waals surface area contributed by atoms with Gasteiger partial charge in [-0.25, -0.2) is 18.7 Å². The van der Waals surface area contributed by atoms with Gasteiger partial charge in [-0.3, -0.25) is 9.36 Å². The highest BCUT2D eigenvalue weighted by Gasteiger charge is 2.30. The van der Waals surface area contributed by atoms with E-state index in [0.29, 0.717) is 43.5 Å². The van der Waals surface area contributed by atoms with Crippen molar-refractivity contribution in [1.82, 2.24) is 19.5 Å². The lowest BCUT2D eigenvalue weighted by molar-refractivity contribution is -0.122. The highest BCUT2D eigenvalue weighted by atomic mass is 35.5. The van der Waals surface area contributed by atoms with Crippen LogP contribution in [0.3, 0.4) is 0 Å². The van der Waals surface area contributed by atoms with Gasteiger partial charge in [0.05, 0.1) is 42.3 Å². The number of amides is 1. The Morgan fingerprint density at radius 2 is 1.97 bits per heavy atom. The Balaban J connectivity index is 1.54. The highest BCUT2D eigenvalue weighted by Crippen LogP contribution is 2.38. The van der Waals surface area contributed by atoms with Crippen molar-refractivity contribution < 1.29 is 23.4 Å². The molecule has 10 nitrogen and oxygen atoms in total. The number of ether oxygens (including phenoxy) is 1. The van der Waals surface area contributed by atoms with Gasteiger partial charge in [-0.15, -0.1) is 0 Å². The average molecular weight is 508 g/mol. The zero-order valence-electron chi connectivity index (χ0n) is 18.5. The number of nitrogens with zero attached hydrogens (tertiary/aromatic N) is 4. The number of aliphatic hydroxyl groups is 1. The molecule has 2 atom stereocenters. The monoisotopic (exact) mass is 507 g/mol. The summed E-state index contributed by atoms with van der Waals surface area (Å²) in [5, 5.41) is 15.9. The number of fused-ring (bicyclic) bond motifs is 1. The molecule has 1 aliphatic carbocycles. The van der Waals surface area contributed by atoms with Crippen LogP contribution in [-0.4, -0.2) is 55.9 Å². The van der Waals surface area contributed by atoms with Gasteiger partial charge < -0.3 is 26.2 Å². The molecule has 1 saturated carbocycles. The number of rotatable bonds is 6. The average Bonchev–Trinajstić information content (AvgIpc) is 3.38. The molecule has 0 radical (unpaired) electrons. The molecule has 2 unspecified atom stereocenters. The van der Waals surface area contributed by atoms with E-state index in [2.05, 4.69) is 25.6 Å². The number of carbonyl (C=O) groups excluding carboxylic acids is 1. The molecular weight excluding hydrogens is 484 g/mol. The van der Waals surface area contributed by atoms with E-state index in [4.69, 9.17) is 22.1 Å². The first-order chi connectivity index (χ1) is 16.8. The fraction of sp³-hybridized carbons (Fsp3) is 0.455. The number of halogens is 3. The molecule has 2 fully saturated rings. The second kappa shape index (κ2) is 9.51. The summed E-state index contributed by atoms with van der Waals surface area (Å²) in [4.78, 5) is 25.1. The zero-order valence-corrected chi connectivity index (χ0v) is 19.3. The van der Waals surface area contributed by atoms with Gasteiger partial charge in [0.2, 0.25) is 17.8 Å². The minimum Gasteiger partial charge on any atom is -0.388 e. The molecular formula is C22H24ClF2N7O3. The summed E-state index contributed by atoms with van der Waals surface area (Å²) in [6.07, 6.45) is 3.25. The quantitative estimate of drug-likeness (QED) is 0.399. The fourth-order valence-electron chi connectivity index (χ4n) is 4.63. The van der Waals surface area contributed by atoms with E-state index in [0.717, 1.165) is 12.1 Å². The third-order valence-electron chi connectivity index (χ3n) is 6.51. The molecule has 35 heavy (non-hydrogen) atoms. The fourth-order valence-corrected chi connectivity index (χ4v) is 4.87. The Morgan fingerprint density at radius 1 is 1.20 bits per heavy atom. The summed E-state index contributed by atoms with van der Waals surface area (Å²) in [6, 6.07) is 1.26.